The molecule has 152 valence electrons. The molecule has 1 heterocycles. The highest BCUT2D eigenvalue weighted by Gasteiger charge is 2.31. The number of hydrogen-bond donors (Lipinski definition) is 2. The predicted molar refractivity (Wildman–Crippen MR) is 109 cm³/mol. The summed E-state index contributed by atoms with van der Waals surface area (Å²) < 4.78 is 19.7. The number of hydrogen-bond acceptors (Lipinski definition) is 4. The third-order valence-electron chi connectivity index (χ3n) is 4.48. The van der Waals surface area contributed by atoms with Gasteiger partial charge in [-0.15, -0.1) is 0 Å². The van der Waals surface area contributed by atoms with Crippen LogP contribution in [-0.2, 0) is 9.53 Å². The van der Waals surface area contributed by atoms with Gasteiger partial charge in [-0.05, 0) is 25.1 Å². The second-order valence-electron chi connectivity index (χ2n) is 6.37. The average Bonchev–Trinajstić information content (AvgIpc) is 2.83. The summed E-state index contributed by atoms with van der Waals surface area (Å²) in [5, 5.41) is 5.18. The maximum absolute atomic E-state index is 14.5. The number of aliphatic imine (C=N–C) groups is 1. The van der Waals surface area contributed by atoms with E-state index >= 15 is 0 Å². The van der Waals surface area contributed by atoms with Crippen molar-refractivity contribution in [1.82, 2.24) is 10.6 Å². The molecule has 3 amide bonds. The van der Waals surface area contributed by atoms with Gasteiger partial charge in [0.15, 0.2) is 0 Å². The van der Waals surface area contributed by atoms with Crippen LogP contribution < -0.4 is 15.5 Å². The van der Waals surface area contributed by atoms with Crippen LogP contribution in [0.3, 0.4) is 0 Å². The van der Waals surface area contributed by atoms with Crippen LogP contribution >= 0.6 is 0 Å². The van der Waals surface area contributed by atoms with Crippen LogP contribution in [0.15, 0.2) is 53.5 Å². The van der Waals surface area contributed by atoms with Crippen LogP contribution in [0.2, 0.25) is 0 Å². The molecular formula is C21H23FN4O3. The molecular weight excluding hydrogens is 375 g/mol. The van der Waals surface area contributed by atoms with Crippen molar-refractivity contribution in [3.63, 3.8) is 0 Å². The molecule has 8 heteroatoms. The molecule has 1 aliphatic rings. The lowest BCUT2D eigenvalue weighted by molar-refractivity contribution is -0.119. The van der Waals surface area contributed by atoms with E-state index in [4.69, 9.17) is 4.74 Å². The van der Waals surface area contributed by atoms with Gasteiger partial charge in [0.2, 0.25) is 6.17 Å². The predicted octanol–water partition coefficient (Wildman–Crippen LogP) is 2.30. The van der Waals surface area contributed by atoms with Gasteiger partial charge in [0.1, 0.15) is 5.82 Å². The first kappa shape index (κ1) is 20.5. The summed E-state index contributed by atoms with van der Waals surface area (Å²) >= 11 is 0. The molecule has 0 aliphatic carbocycles. The number of nitrogens with one attached hydrogen (secondary N) is 2. The van der Waals surface area contributed by atoms with Crippen molar-refractivity contribution in [2.75, 3.05) is 31.7 Å². The van der Waals surface area contributed by atoms with E-state index in [2.05, 4.69) is 15.6 Å². The smallest absolute Gasteiger partial charge is 0.316 e. The van der Waals surface area contributed by atoms with Gasteiger partial charge in [-0.3, -0.25) is 4.79 Å². The molecule has 0 saturated carbocycles. The lowest BCUT2D eigenvalue weighted by atomic mass is 10.00. The average molecular weight is 398 g/mol. The molecule has 1 unspecified atom stereocenters. The largest absolute Gasteiger partial charge is 0.380 e. The number of carbonyl (C=O) groups excluding carboxylic acids is 2. The zero-order chi connectivity index (χ0) is 20.8. The Labute approximate surface area is 168 Å². The monoisotopic (exact) mass is 398 g/mol. The Balaban J connectivity index is 1.95. The fourth-order valence-corrected chi connectivity index (χ4v) is 3.04. The number of para-hydroxylation sites is 1. The molecule has 3 rings (SSSR count). The van der Waals surface area contributed by atoms with E-state index in [0.717, 1.165) is 0 Å². The number of ether oxygens (including phenoxy) is 1. The van der Waals surface area contributed by atoms with E-state index in [0.29, 0.717) is 36.7 Å². The fourth-order valence-electron chi connectivity index (χ4n) is 3.04. The highest BCUT2D eigenvalue weighted by Crippen LogP contribution is 2.27. The van der Waals surface area contributed by atoms with Crippen molar-refractivity contribution in [2.24, 2.45) is 4.99 Å². The van der Waals surface area contributed by atoms with E-state index in [9.17, 15) is 14.0 Å². The molecule has 0 aromatic heterocycles. The molecule has 0 radical (unpaired) electrons. The molecule has 7 nitrogen and oxygen atoms in total. The summed E-state index contributed by atoms with van der Waals surface area (Å²) in [5.74, 6) is -0.887. The Hall–Kier alpha value is -3.26. The van der Waals surface area contributed by atoms with E-state index in [1.54, 1.807) is 49.5 Å². The number of likely N-dealkylation sites (N-methyl/N-ethyl adjacent to an activating group) is 1. The van der Waals surface area contributed by atoms with Crippen molar-refractivity contribution in [1.29, 1.82) is 0 Å². The maximum Gasteiger partial charge on any atom is 0.316 e. The van der Waals surface area contributed by atoms with Crippen LogP contribution in [0, 0.1) is 5.82 Å². The van der Waals surface area contributed by atoms with E-state index in [-0.39, 0.29) is 5.56 Å². The minimum Gasteiger partial charge on any atom is -0.380 e. The van der Waals surface area contributed by atoms with E-state index in [1.807, 2.05) is 6.92 Å². The van der Waals surface area contributed by atoms with Gasteiger partial charge in [0.25, 0.3) is 5.91 Å². The first-order chi connectivity index (χ1) is 14.0. The van der Waals surface area contributed by atoms with Gasteiger partial charge in [-0.2, -0.15) is 0 Å². The Morgan fingerprint density at radius 1 is 1.17 bits per heavy atom. The van der Waals surface area contributed by atoms with Crippen molar-refractivity contribution in [3.8, 4) is 0 Å². The number of anilines is 1. The third-order valence-corrected chi connectivity index (χ3v) is 4.48. The minimum absolute atomic E-state index is 0.256. The van der Waals surface area contributed by atoms with Crippen LogP contribution in [0.1, 0.15) is 18.1 Å². The molecule has 2 aromatic carbocycles. The number of amides is 3. The number of nitrogens with zero attached hydrogens (tertiary/aromatic N) is 2. The Morgan fingerprint density at radius 3 is 2.59 bits per heavy atom. The van der Waals surface area contributed by atoms with Crippen molar-refractivity contribution in [2.45, 2.75) is 13.1 Å². The van der Waals surface area contributed by atoms with E-state index in [1.165, 1.54) is 11.0 Å². The first-order valence-electron chi connectivity index (χ1n) is 9.34. The molecule has 0 fully saturated rings. The second kappa shape index (κ2) is 9.29. The van der Waals surface area contributed by atoms with Crippen LogP contribution in [0.4, 0.5) is 14.9 Å². The molecule has 2 N–H and O–H groups in total. The van der Waals surface area contributed by atoms with Gasteiger partial charge in [-0.25, -0.2) is 14.2 Å². The number of fused-ring (bicyclic) bond motifs is 1. The summed E-state index contributed by atoms with van der Waals surface area (Å²) in [4.78, 5) is 31.0. The van der Waals surface area contributed by atoms with Gasteiger partial charge in [-0.1, -0.05) is 30.3 Å². The van der Waals surface area contributed by atoms with Gasteiger partial charge in [0, 0.05) is 31.3 Å². The molecule has 0 bridgehead atoms. The maximum atomic E-state index is 14.5. The summed E-state index contributed by atoms with van der Waals surface area (Å²) in [6.45, 7) is 3.05. The highest BCUT2D eigenvalue weighted by molar-refractivity contribution is 6.20. The van der Waals surface area contributed by atoms with Gasteiger partial charge >= 0.3 is 6.03 Å². The molecule has 1 aliphatic heterocycles. The number of urea groups is 1. The molecule has 1 atom stereocenters. The SMILES string of the molecule is CCOCCNC(=O)NC1N=C(c2ccccc2F)c2ccccc2N(C)C1=O. The lowest BCUT2D eigenvalue weighted by Gasteiger charge is -2.21. The Morgan fingerprint density at radius 2 is 1.86 bits per heavy atom. The van der Waals surface area contributed by atoms with Crippen molar-refractivity contribution < 1.29 is 18.7 Å². The minimum atomic E-state index is -1.20. The second-order valence-corrected chi connectivity index (χ2v) is 6.37. The normalized spacial score (nSPS) is 16.0. The number of benzodiazepines with no additional fused rings is 1. The van der Waals surface area contributed by atoms with Crippen LogP contribution in [0.5, 0.6) is 0 Å². The molecule has 29 heavy (non-hydrogen) atoms. The standard InChI is InChI=1S/C21H23FN4O3/c1-3-29-13-12-23-21(28)25-19-20(27)26(2)17-11-7-5-9-15(17)18(24-19)14-8-4-6-10-16(14)22/h4-11,19H,3,12-13H2,1-2H3,(H2,23,25,28). The van der Waals surface area contributed by atoms with E-state index < -0.39 is 23.9 Å². The third kappa shape index (κ3) is 4.60. The lowest BCUT2D eigenvalue weighted by Crippen LogP contribution is -2.49. The number of benzene rings is 2. The van der Waals surface area contributed by atoms with Gasteiger partial charge < -0.3 is 20.3 Å². The number of rotatable bonds is 6. The zero-order valence-corrected chi connectivity index (χ0v) is 16.3. The van der Waals surface area contributed by atoms with Crippen LogP contribution in [0.25, 0.3) is 0 Å². The summed E-state index contributed by atoms with van der Waals surface area (Å²) in [6, 6.07) is 12.8. The molecule has 0 saturated heterocycles. The quantitative estimate of drug-likeness (QED) is 0.733. The summed E-state index contributed by atoms with van der Waals surface area (Å²) in [7, 11) is 1.60. The Bertz CT molecular complexity index is 932. The number of carbonyl (C=O) groups is 2. The Kier molecular flexibility index (Phi) is 6.56. The molecule has 2 aromatic rings. The van der Waals surface area contributed by atoms with Crippen molar-refractivity contribution >= 4 is 23.3 Å². The van der Waals surface area contributed by atoms with Gasteiger partial charge in [0.05, 0.1) is 18.0 Å². The topological polar surface area (TPSA) is 83.0 Å². The fraction of sp³-hybridized carbons (Fsp3) is 0.286. The zero-order valence-electron chi connectivity index (χ0n) is 16.3. The number of halogens is 1. The summed E-state index contributed by atoms with van der Waals surface area (Å²) in [5.41, 5.74) is 1.75. The first-order valence-corrected chi connectivity index (χ1v) is 9.34. The summed E-state index contributed by atoms with van der Waals surface area (Å²) in [6.07, 6.45) is -1.20. The highest BCUT2D eigenvalue weighted by atomic mass is 19.1. The van der Waals surface area contributed by atoms with Crippen molar-refractivity contribution in [3.05, 3.63) is 65.5 Å². The molecule has 0 spiro atoms. The van der Waals surface area contributed by atoms with Crippen LogP contribution in [-0.4, -0.2) is 50.6 Å².